The maximum Gasteiger partial charge on any atom is 0.271 e. The number of aromatic nitrogens is 1. The highest BCUT2D eigenvalue weighted by atomic mass is 32.1. The van der Waals surface area contributed by atoms with Crippen LogP contribution in [0.2, 0.25) is 0 Å². The second-order valence-electron chi connectivity index (χ2n) is 10.7. The van der Waals surface area contributed by atoms with Crippen LogP contribution in [0.1, 0.15) is 69.6 Å². The third-order valence-corrected chi connectivity index (χ3v) is 7.91. The van der Waals surface area contributed by atoms with Crippen molar-refractivity contribution in [2.45, 2.75) is 52.8 Å². The largest absolute Gasteiger partial charge is 0.486 e. The molecular weight excluding hydrogens is 518 g/mol. The lowest BCUT2D eigenvalue weighted by Gasteiger charge is -2.38. The Hall–Kier alpha value is -3.97. The van der Waals surface area contributed by atoms with Gasteiger partial charge in [-0.1, -0.05) is 80.1 Å². The zero-order valence-electron chi connectivity index (χ0n) is 23.2. The topological polar surface area (TPSA) is 71.5 Å². The number of carbonyl (C=O) groups excluding carboxylic acids is 2. The molecule has 0 fully saturated rings. The van der Waals surface area contributed by atoms with Crippen molar-refractivity contribution in [3.8, 4) is 5.75 Å². The van der Waals surface area contributed by atoms with Gasteiger partial charge in [0.1, 0.15) is 23.1 Å². The Morgan fingerprint density at radius 2 is 1.85 bits per heavy atom. The van der Waals surface area contributed by atoms with Crippen molar-refractivity contribution >= 4 is 23.2 Å². The summed E-state index contributed by atoms with van der Waals surface area (Å²) >= 11 is 1.41. The summed E-state index contributed by atoms with van der Waals surface area (Å²) in [6, 6.07) is 24.3. The molecule has 0 unspecified atom stereocenters. The molecule has 206 valence electrons. The minimum atomic E-state index is -0.202. The van der Waals surface area contributed by atoms with Crippen molar-refractivity contribution in [3.63, 3.8) is 0 Å². The van der Waals surface area contributed by atoms with E-state index >= 15 is 0 Å². The third-order valence-electron chi connectivity index (χ3n) is 7.08. The van der Waals surface area contributed by atoms with Crippen LogP contribution in [0.15, 0.2) is 78.2 Å². The summed E-state index contributed by atoms with van der Waals surface area (Å²) < 4.78 is 6.16. The molecule has 7 heteroatoms. The molecule has 0 radical (unpaired) electrons. The quantitative estimate of drug-likeness (QED) is 0.258. The fraction of sp³-hybridized carbons (Fsp3) is 0.303. The van der Waals surface area contributed by atoms with Crippen LogP contribution in [0, 0.1) is 12.8 Å². The van der Waals surface area contributed by atoms with Crippen LogP contribution < -0.4 is 10.1 Å². The summed E-state index contributed by atoms with van der Waals surface area (Å²) in [5, 5.41) is 5.41. The van der Waals surface area contributed by atoms with E-state index in [0.29, 0.717) is 31.1 Å². The zero-order chi connectivity index (χ0) is 28.1. The Labute approximate surface area is 240 Å². The SMILES string of the molecule is Cc1ccc([C@H]2c3cc(OCc4nc(C(=O)NCc5ccccc5)cs4)ccc3CCN2C(=O)CC(C)C)cc1. The van der Waals surface area contributed by atoms with Crippen LogP contribution in [0.25, 0.3) is 0 Å². The summed E-state index contributed by atoms with van der Waals surface area (Å²) in [6.07, 6.45) is 1.34. The Balaban J connectivity index is 1.30. The first kappa shape index (κ1) is 27.6. The Morgan fingerprint density at radius 3 is 2.60 bits per heavy atom. The second-order valence-corrected chi connectivity index (χ2v) is 11.6. The zero-order valence-corrected chi connectivity index (χ0v) is 24.0. The average Bonchev–Trinajstić information content (AvgIpc) is 3.44. The fourth-order valence-electron chi connectivity index (χ4n) is 5.02. The van der Waals surface area contributed by atoms with Crippen LogP contribution in [0.5, 0.6) is 5.75 Å². The minimum Gasteiger partial charge on any atom is -0.486 e. The molecule has 2 heterocycles. The molecule has 1 atom stereocenters. The van der Waals surface area contributed by atoms with Gasteiger partial charge in [0.15, 0.2) is 0 Å². The van der Waals surface area contributed by atoms with Crippen LogP contribution >= 0.6 is 11.3 Å². The van der Waals surface area contributed by atoms with E-state index in [0.717, 1.165) is 33.9 Å². The van der Waals surface area contributed by atoms with E-state index in [2.05, 4.69) is 67.5 Å². The van der Waals surface area contributed by atoms with E-state index in [1.54, 1.807) is 5.38 Å². The molecule has 0 bridgehead atoms. The van der Waals surface area contributed by atoms with E-state index in [4.69, 9.17) is 4.74 Å². The number of nitrogens with one attached hydrogen (secondary N) is 1. The van der Waals surface area contributed by atoms with Gasteiger partial charge < -0.3 is 15.0 Å². The van der Waals surface area contributed by atoms with Gasteiger partial charge in [-0.2, -0.15) is 0 Å². The van der Waals surface area contributed by atoms with Gasteiger partial charge in [0.2, 0.25) is 5.91 Å². The van der Waals surface area contributed by atoms with Crippen molar-refractivity contribution in [1.82, 2.24) is 15.2 Å². The van der Waals surface area contributed by atoms with Gasteiger partial charge in [0, 0.05) is 24.9 Å². The normalized spacial score (nSPS) is 14.6. The van der Waals surface area contributed by atoms with E-state index in [1.807, 2.05) is 41.3 Å². The van der Waals surface area contributed by atoms with Crippen molar-refractivity contribution in [3.05, 3.63) is 117 Å². The van der Waals surface area contributed by atoms with Gasteiger partial charge in [-0.05, 0) is 53.6 Å². The molecule has 3 aromatic carbocycles. The molecule has 1 aliphatic heterocycles. The van der Waals surface area contributed by atoms with Crippen molar-refractivity contribution < 1.29 is 14.3 Å². The number of carbonyl (C=O) groups is 2. The number of rotatable bonds is 9. The van der Waals surface area contributed by atoms with Gasteiger partial charge in [-0.15, -0.1) is 11.3 Å². The van der Waals surface area contributed by atoms with Gasteiger partial charge in [-0.25, -0.2) is 4.98 Å². The Kier molecular flexibility index (Phi) is 8.60. The number of aryl methyl sites for hydroxylation is 1. The first-order chi connectivity index (χ1) is 19.4. The third kappa shape index (κ3) is 6.59. The number of amides is 2. The number of hydrogen-bond donors (Lipinski definition) is 1. The lowest BCUT2D eigenvalue weighted by atomic mass is 9.87. The lowest BCUT2D eigenvalue weighted by molar-refractivity contribution is -0.134. The number of ether oxygens (including phenoxy) is 1. The molecule has 1 aliphatic rings. The van der Waals surface area contributed by atoms with E-state index < -0.39 is 0 Å². The van der Waals surface area contributed by atoms with Crippen LogP contribution in [0.3, 0.4) is 0 Å². The molecule has 5 rings (SSSR count). The van der Waals surface area contributed by atoms with Crippen LogP contribution in [0.4, 0.5) is 0 Å². The molecule has 1 N–H and O–H groups in total. The van der Waals surface area contributed by atoms with Gasteiger partial charge in [0.05, 0.1) is 6.04 Å². The molecule has 0 saturated heterocycles. The molecule has 2 amide bonds. The van der Waals surface area contributed by atoms with Crippen LogP contribution in [-0.4, -0.2) is 28.2 Å². The Bertz CT molecular complexity index is 1460. The van der Waals surface area contributed by atoms with Crippen molar-refractivity contribution in [2.24, 2.45) is 5.92 Å². The number of nitrogens with zero attached hydrogens (tertiary/aromatic N) is 2. The van der Waals surface area contributed by atoms with Crippen molar-refractivity contribution in [1.29, 1.82) is 0 Å². The summed E-state index contributed by atoms with van der Waals surface area (Å²) in [6.45, 7) is 7.66. The lowest BCUT2D eigenvalue weighted by Crippen LogP contribution is -2.41. The molecule has 1 aromatic heterocycles. The smallest absolute Gasteiger partial charge is 0.271 e. The summed E-state index contributed by atoms with van der Waals surface area (Å²) in [4.78, 5) is 32.4. The molecule has 6 nitrogen and oxygen atoms in total. The second kappa shape index (κ2) is 12.5. The van der Waals surface area contributed by atoms with E-state index in [1.165, 1.54) is 22.5 Å². The Morgan fingerprint density at radius 1 is 1.07 bits per heavy atom. The van der Waals surface area contributed by atoms with Gasteiger partial charge in [-0.3, -0.25) is 9.59 Å². The molecule has 0 saturated carbocycles. The first-order valence-electron chi connectivity index (χ1n) is 13.8. The number of hydrogen-bond acceptors (Lipinski definition) is 5. The highest BCUT2D eigenvalue weighted by Crippen LogP contribution is 2.38. The molecular formula is C33H35N3O3S. The highest BCUT2D eigenvalue weighted by Gasteiger charge is 2.32. The number of thiazole rings is 1. The monoisotopic (exact) mass is 553 g/mol. The maximum atomic E-state index is 13.3. The minimum absolute atomic E-state index is 0.154. The molecule has 40 heavy (non-hydrogen) atoms. The highest BCUT2D eigenvalue weighted by molar-refractivity contribution is 7.09. The number of benzene rings is 3. The van der Waals surface area contributed by atoms with Crippen LogP contribution in [-0.2, 0) is 24.4 Å². The summed E-state index contributed by atoms with van der Waals surface area (Å²) in [5.74, 6) is 0.996. The molecule has 0 aliphatic carbocycles. The van der Waals surface area contributed by atoms with Gasteiger partial charge >= 0.3 is 0 Å². The summed E-state index contributed by atoms with van der Waals surface area (Å²) in [7, 11) is 0. The van der Waals surface area contributed by atoms with Gasteiger partial charge in [0.25, 0.3) is 5.91 Å². The fourth-order valence-corrected chi connectivity index (χ4v) is 5.71. The number of fused-ring (bicyclic) bond motifs is 1. The predicted octanol–water partition coefficient (Wildman–Crippen LogP) is 6.48. The van der Waals surface area contributed by atoms with Crippen molar-refractivity contribution in [2.75, 3.05) is 6.54 Å². The predicted molar refractivity (Wildman–Crippen MR) is 158 cm³/mol. The average molecular weight is 554 g/mol. The van der Waals surface area contributed by atoms with E-state index in [-0.39, 0.29) is 24.5 Å². The molecule has 4 aromatic rings. The first-order valence-corrected chi connectivity index (χ1v) is 14.6. The molecule has 0 spiro atoms. The standard InChI is InChI=1S/C33H35N3O3S/c1-22(2)17-31(37)36-16-15-25-13-14-27(18-28(25)32(36)26-11-9-23(3)10-12-26)39-20-30-35-29(21-40-30)33(38)34-19-24-7-5-4-6-8-24/h4-14,18,21-22,32H,15-17,19-20H2,1-3H3,(H,34,38)/t32-/m0/s1. The van der Waals surface area contributed by atoms with E-state index in [9.17, 15) is 9.59 Å². The summed E-state index contributed by atoms with van der Waals surface area (Å²) in [5.41, 5.74) is 6.06. The maximum absolute atomic E-state index is 13.3.